The Balaban J connectivity index is 0.00000306. The molecule has 0 amide bonds. The first-order valence-corrected chi connectivity index (χ1v) is 11.9. The van der Waals surface area contributed by atoms with Crippen molar-refractivity contribution in [1.82, 2.24) is 0 Å². The van der Waals surface area contributed by atoms with Gasteiger partial charge in [-0.25, -0.2) is 0 Å². The Labute approximate surface area is 212 Å². The largest absolute Gasteiger partial charge is 1.00 e. The maximum atomic E-state index is 13.2. The number of carbonyl (C=O) groups is 1. The van der Waals surface area contributed by atoms with Gasteiger partial charge in [0.25, 0.3) is 5.69 Å². The number of thiophene rings is 1. The zero-order chi connectivity index (χ0) is 22.7. The van der Waals surface area contributed by atoms with Gasteiger partial charge in [-0.3, -0.25) is 4.79 Å². The molecule has 0 spiro atoms. The maximum absolute atomic E-state index is 13.2. The van der Waals surface area contributed by atoms with E-state index < -0.39 is 0 Å². The lowest BCUT2D eigenvalue weighted by molar-refractivity contribution is -0.597. The van der Waals surface area contributed by atoms with E-state index in [9.17, 15) is 4.79 Å². The highest BCUT2D eigenvalue weighted by molar-refractivity contribution is 8.00. The average molecular weight is 537 g/mol. The number of thioether (sulfide) groups is 1. The number of anilines is 1. The van der Waals surface area contributed by atoms with Gasteiger partial charge in [0.2, 0.25) is 5.78 Å². The Kier molecular flexibility index (Phi) is 8.09. The minimum Gasteiger partial charge on any atom is -1.00 e. The first-order chi connectivity index (χ1) is 15.5. The van der Waals surface area contributed by atoms with Crippen molar-refractivity contribution < 1.29 is 26.3 Å². The number of carbonyl (C=O) groups excluding carboxylic acids is 1. The van der Waals surface area contributed by atoms with Crippen LogP contribution in [0.1, 0.15) is 37.5 Å². The van der Waals surface area contributed by atoms with Crippen LogP contribution in [0.4, 0.5) is 5.69 Å². The summed E-state index contributed by atoms with van der Waals surface area (Å²) in [5.74, 6) is 0.646. The first kappa shape index (κ1) is 24.7. The molecule has 0 atom stereocenters. The molecular weight excluding hydrogens is 514 g/mol. The fourth-order valence-corrected chi connectivity index (χ4v) is 5.93. The number of aryl methyl sites for hydroxylation is 2. The zero-order valence-corrected chi connectivity index (χ0v) is 21.4. The molecule has 4 nitrogen and oxygen atoms in total. The van der Waals surface area contributed by atoms with Gasteiger partial charge in [-0.15, -0.1) is 23.1 Å². The van der Waals surface area contributed by atoms with Crippen molar-refractivity contribution in [3.63, 3.8) is 0 Å². The predicted molar refractivity (Wildman–Crippen MR) is 130 cm³/mol. The summed E-state index contributed by atoms with van der Waals surface area (Å²) < 4.78 is 3.01. The third-order valence-corrected chi connectivity index (χ3v) is 7.51. The van der Waals surface area contributed by atoms with E-state index in [1.807, 2.05) is 85.4 Å². The molecule has 0 aliphatic heterocycles. The maximum Gasteiger partial charge on any atom is 0.259 e. The molecule has 7 heteroatoms. The Bertz CT molecular complexity index is 1310. The van der Waals surface area contributed by atoms with Gasteiger partial charge >= 0.3 is 0 Å². The Morgan fingerprint density at radius 3 is 2.30 bits per heavy atom. The van der Waals surface area contributed by atoms with Gasteiger partial charge in [0.05, 0.1) is 11.6 Å². The minimum absolute atomic E-state index is 0. The van der Waals surface area contributed by atoms with Gasteiger partial charge in [-0.2, -0.15) is 9.83 Å². The molecule has 0 aliphatic carbocycles. The molecule has 166 valence electrons. The van der Waals surface area contributed by atoms with Crippen molar-refractivity contribution in [2.45, 2.75) is 23.8 Å². The van der Waals surface area contributed by atoms with E-state index >= 15 is 0 Å². The molecule has 0 saturated heterocycles. The molecule has 0 aliphatic rings. The molecule has 0 radical (unpaired) electrons. The zero-order valence-electron chi connectivity index (χ0n) is 18.2. The third-order valence-electron chi connectivity index (χ3n) is 4.98. The Morgan fingerprint density at radius 1 is 1.06 bits per heavy atom. The van der Waals surface area contributed by atoms with Crippen molar-refractivity contribution in [3.05, 3.63) is 106 Å². The van der Waals surface area contributed by atoms with Crippen LogP contribution in [0, 0.1) is 25.2 Å². The molecule has 2 aromatic carbocycles. The summed E-state index contributed by atoms with van der Waals surface area (Å²) >= 11 is 3.09. The normalized spacial score (nSPS) is 10.3. The number of rotatable bonds is 6. The second-order valence-corrected chi connectivity index (χ2v) is 9.84. The molecule has 0 saturated carbocycles. The van der Waals surface area contributed by atoms with Crippen LogP contribution in [0.15, 0.2) is 77.3 Å². The third kappa shape index (κ3) is 5.53. The monoisotopic (exact) mass is 535 g/mol. The Hall–Kier alpha value is -2.92. The van der Waals surface area contributed by atoms with Crippen LogP contribution in [0.5, 0.6) is 0 Å². The minimum atomic E-state index is -0.0652. The van der Waals surface area contributed by atoms with Crippen molar-refractivity contribution in [1.29, 1.82) is 5.26 Å². The quantitative estimate of drug-likeness (QED) is 0.234. The molecular formula is C26H22BrN3OS2. The van der Waals surface area contributed by atoms with Crippen LogP contribution in [0.2, 0.25) is 0 Å². The van der Waals surface area contributed by atoms with Crippen LogP contribution in [-0.4, -0.2) is 5.78 Å². The van der Waals surface area contributed by atoms with E-state index in [1.54, 1.807) is 11.8 Å². The number of hydrogen-bond acceptors (Lipinski definition) is 5. The number of aromatic nitrogens is 1. The number of pyridine rings is 1. The SMILES string of the molecule is Cc1cc(C)c[n+](-c2c(SCc3ccc(C#N)cc3)sc(C(=O)c3ccccc3)c2N)c1.[Br-]. The van der Waals surface area contributed by atoms with Gasteiger partial charge in [-0.1, -0.05) is 42.5 Å². The fraction of sp³-hybridized carbons (Fsp3) is 0.115. The van der Waals surface area contributed by atoms with E-state index in [0.29, 0.717) is 27.4 Å². The molecule has 0 unspecified atom stereocenters. The molecule has 2 N–H and O–H groups in total. The second kappa shape index (κ2) is 10.8. The molecule has 2 heterocycles. The highest BCUT2D eigenvalue weighted by Crippen LogP contribution is 2.41. The van der Waals surface area contributed by atoms with Crippen molar-refractivity contribution in [3.8, 4) is 11.8 Å². The summed E-state index contributed by atoms with van der Waals surface area (Å²) in [6.45, 7) is 4.09. The summed E-state index contributed by atoms with van der Waals surface area (Å²) in [5.41, 5.74) is 12.6. The highest BCUT2D eigenvalue weighted by atomic mass is 79.9. The lowest BCUT2D eigenvalue weighted by Gasteiger charge is -2.03. The molecule has 0 fully saturated rings. The van der Waals surface area contributed by atoms with Crippen LogP contribution in [0.25, 0.3) is 5.69 Å². The molecule has 33 heavy (non-hydrogen) atoms. The molecule has 4 rings (SSSR count). The molecule has 0 bridgehead atoms. The smallest absolute Gasteiger partial charge is 0.259 e. The predicted octanol–water partition coefficient (Wildman–Crippen LogP) is 2.62. The van der Waals surface area contributed by atoms with Crippen molar-refractivity contribution in [2.24, 2.45) is 0 Å². The number of benzene rings is 2. The number of nitrogens with zero attached hydrogens (tertiary/aromatic N) is 2. The Morgan fingerprint density at radius 2 is 1.70 bits per heavy atom. The van der Waals surface area contributed by atoms with E-state index in [4.69, 9.17) is 11.0 Å². The molecule has 2 aromatic heterocycles. The van der Waals surface area contributed by atoms with E-state index in [0.717, 1.165) is 26.6 Å². The fourth-order valence-electron chi connectivity index (χ4n) is 3.51. The van der Waals surface area contributed by atoms with E-state index in [-0.39, 0.29) is 22.8 Å². The number of hydrogen-bond donors (Lipinski definition) is 1. The van der Waals surface area contributed by atoms with Crippen LogP contribution in [0.3, 0.4) is 0 Å². The molecule has 4 aromatic rings. The highest BCUT2D eigenvalue weighted by Gasteiger charge is 2.29. The number of ketones is 1. The standard InChI is InChI=1S/C26H21N3OS2.BrH/c1-17-12-18(2)15-29(14-17)23-22(28)25(24(30)21-6-4-3-5-7-21)32-26(23)31-16-20-10-8-19(13-27)9-11-20;/h3-12,14-15H,16H2,1-2H3,(H-,28,30);1H. The summed E-state index contributed by atoms with van der Waals surface area (Å²) in [4.78, 5) is 13.8. The van der Waals surface area contributed by atoms with Crippen molar-refractivity contribution >= 4 is 34.6 Å². The summed E-state index contributed by atoms with van der Waals surface area (Å²) in [7, 11) is 0. The van der Waals surface area contributed by atoms with Gasteiger partial charge in [-0.05, 0) is 37.6 Å². The number of nitrogens with two attached hydrogens (primary N) is 1. The lowest BCUT2D eigenvalue weighted by atomic mass is 10.1. The van der Waals surface area contributed by atoms with Crippen LogP contribution >= 0.6 is 23.1 Å². The average Bonchev–Trinajstić information content (AvgIpc) is 3.13. The van der Waals surface area contributed by atoms with Crippen LogP contribution in [-0.2, 0) is 5.75 Å². The number of nitrogen functional groups attached to an aromatic ring is 1. The number of halogens is 1. The van der Waals surface area contributed by atoms with Crippen LogP contribution < -0.4 is 27.3 Å². The topological polar surface area (TPSA) is 70.8 Å². The van der Waals surface area contributed by atoms with Gasteiger partial charge in [0, 0.05) is 22.4 Å². The summed E-state index contributed by atoms with van der Waals surface area (Å²) in [6, 6.07) is 21.1. The first-order valence-electron chi connectivity index (χ1n) is 10.1. The summed E-state index contributed by atoms with van der Waals surface area (Å²) in [5, 5.41) is 9.02. The van der Waals surface area contributed by atoms with Gasteiger partial charge in [0.15, 0.2) is 12.4 Å². The van der Waals surface area contributed by atoms with Gasteiger partial charge in [0.1, 0.15) is 14.8 Å². The van der Waals surface area contributed by atoms with E-state index in [1.165, 1.54) is 11.3 Å². The number of nitriles is 1. The lowest BCUT2D eigenvalue weighted by Crippen LogP contribution is -3.00. The summed E-state index contributed by atoms with van der Waals surface area (Å²) in [6.07, 6.45) is 4.07. The van der Waals surface area contributed by atoms with Crippen molar-refractivity contribution in [2.75, 3.05) is 5.73 Å². The van der Waals surface area contributed by atoms with E-state index in [2.05, 4.69) is 12.1 Å². The van der Waals surface area contributed by atoms with Gasteiger partial charge < -0.3 is 22.7 Å². The second-order valence-electron chi connectivity index (χ2n) is 7.57.